The summed E-state index contributed by atoms with van der Waals surface area (Å²) in [5.74, 6) is -0.505. The predicted molar refractivity (Wildman–Crippen MR) is 120 cm³/mol. The van der Waals surface area contributed by atoms with Crippen molar-refractivity contribution in [1.82, 2.24) is 20.2 Å². The van der Waals surface area contributed by atoms with Gasteiger partial charge in [0.05, 0.1) is 0 Å². The third kappa shape index (κ3) is 4.67. The molecule has 168 valence electrons. The normalized spacial score (nSPS) is 17.6. The van der Waals surface area contributed by atoms with E-state index in [1.807, 2.05) is 31.2 Å². The largest absolute Gasteiger partial charge is 0.485 e. The average molecular weight is 445 g/mol. The Morgan fingerprint density at radius 2 is 1.82 bits per heavy atom. The van der Waals surface area contributed by atoms with E-state index in [-0.39, 0.29) is 12.4 Å². The molecule has 0 bridgehead atoms. The van der Waals surface area contributed by atoms with Crippen molar-refractivity contribution in [1.29, 1.82) is 0 Å². The molecule has 3 aromatic rings. The Balaban J connectivity index is 1.43. The van der Waals surface area contributed by atoms with Crippen molar-refractivity contribution >= 4 is 23.7 Å². The minimum absolute atomic E-state index is 0.199. The zero-order valence-electron chi connectivity index (χ0n) is 18.2. The van der Waals surface area contributed by atoms with Crippen LogP contribution in [0.25, 0.3) is 0 Å². The third-order valence-corrected chi connectivity index (χ3v) is 5.38. The first kappa shape index (κ1) is 21.9. The van der Waals surface area contributed by atoms with E-state index in [0.29, 0.717) is 11.3 Å². The lowest BCUT2D eigenvalue weighted by atomic mass is 9.91. The Morgan fingerprint density at radius 3 is 2.55 bits per heavy atom. The first-order chi connectivity index (χ1) is 15.9. The third-order valence-electron chi connectivity index (χ3n) is 5.38. The highest BCUT2D eigenvalue weighted by Crippen LogP contribution is 2.29. The summed E-state index contributed by atoms with van der Waals surface area (Å²) in [5.41, 5.74) is 1.34. The summed E-state index contributed by atoms with van der Waals surface area (Å²) in [7, 11) is 0. The Kier molecular flexibility index (Phi) is 6.03. The number of benzene rings is 1. The van der Waals surface area contributed by atoms with Crippen LogP contribution in [0.5, 0.6) is 5.75 Å². The molecular weight excluding hydrogens is 422 g/mol. The minimum atomic E-state index is -1.24. The number of hydrogen-bond acceptors (Lipinski definition) is 6. The molecule has 33 heavy (non-hydrogen) atoms. The molecule has 0 radical (unpaired) electrons. The fourth-order valence-corrected chi connectivity index (χ4v) is 3.48. The average Bonchev–Trinajstić information content (AvgIpc) is 3.03. The van der Waals surface area contributed by atoms with Crippen molar-refractivity contribution in [3.8, 4) is 5.75 Å². The number of pyridine rings is 2. The van der Waals surface area contributed by atoms with Gasteiger partial charge in [0.1, 0.15) is 18.7 Å². The molecule has 0 aliphatic carbocycles. The van der Waals surface area contributed by atoms with E-state index >= 15 is 0 Å². The monoisotopic (exact) mass is 445 g/mol. The van der Waals surface area contributed by atoms with Crippen LogP contribution in [0.3, 0.4) is 0 Å². The quantitative estimate of drug-likeness (QED) is 0.541. The summed E-state index contributed by atoms with van der Waals surface area (Å²) < 4.78 is 5.77. The molecule has 1 saturated heterocycles. The van der Waals surface area contributed by atoms with Crippen LogP contribution in [0.4, 0.5) is 10.6 Å². The van der Waals surface area contributed by atoms with E-state index in [9.17, 15) is 14.4 Å². The summed E-state index contributed by atoms with van der Waals surface area (Å²) in [4.78, 5) is 47.3. The summed E-state index contributed by atoms with van der Waals surface area (Å²) in [6.07, 6.45) is 4.83. The van der Waals surface area contributed by atoms with Gasteiger partial charge in [-0.1, -0.05) is 29.8 Å². The van der Waals surface area contributed by atoms with Crippen LogP contribution in [-0.2, 0) is 21.7 Å². The molecule has 1 unspecified atom stereocenters. The van der Waals surface area contributed by atoms with Gasteiger partial charge in [0.2, 0.25) is 5.91 Å². The number of ether oxygens (including phenoxy) is 1. The number of nitrogens with one attached hydrogen (secondary N) is 2. The van der Waals surface area contributed by atoms with Crippen molar-refractivity contribution in [2.45, 2.75) is 26.0 Å². The van der Waals surface area contributed by atoms with E-state index in [2.05, 4.69) is 20.6 Å². The minimum Gasteiger partial charge on any atom is -0.485 e. The number of rotatable bonds is 7. The molecule has 1 aromatic carbocycles. The number of imide groups is 1. The molecule has 0 saturated carbocycles. The van der Waals surface area contributed by atoms with Crippen LogP contribution < -0.4 is 15.4 Å². The summed E-state index contributed by atoms with van der Waals surface area (Å²) in [6, 6.07) is 13.7. The smallest absolute Gasteiger partial charge is 0.325 e. The zero-order chi connectivity index (χ0) is 23.4. The van der Waals surface area contributed by atoms with Gasteiger partial charge in [-0.2, -0.15) is 0 Å². The van der Waals surface area contributed by atoms with E-state index < -0.39 is 29.9 Å². The molecule has 4 amide bonds. The number of aryl methyl sites for hydroxylation is 1. The second kappa shape index (κ2) is 9.07. The van der Waals surface area contributed by atoms with Gasteiger partial charge < -0.3 is 15.4 Å². The molecule has 2 N–H and O–H groups in total. The van der Waals surface area contributed by atoms with Gasteiger partial charge in [-0.3, -0.25) is 19.5 Å². The van der Waals surface area contributed by atoms with Gasteiger partial charge in [0.15, 0.2) is 11.6 Å². The summed E-state index contributed by atoms with van der Waals surface area (Å²) in [5, 5.41) is 5.33. The number of nitrogens with zero attached hydrogens (tertiary/aromatic N) is 3. The number of urea groups is 1. The SMILES string of the molecule is Cc1ccc(C2(C)NC(=O)N(CC(=O)Nc3ncccc3OCc3ccncc3)C2=O)cc1. The first-order valence-corrected chi connectivity index (χ1v) is 10.3. The molecule has 1 aliphatic heterocycles. The van der Waals surface area contributed by atoms with Crippen LogP contribution in [-0.4, -0.2) is 39.3 Å². The van der Waals surface area contributed by atoms with Gasteiger partial charge >= 0.3 is 6.03 Å². The van der Waals surface area contributed by atoms with Crippen molar-refractivity contribution in [3.63, 3.8) is 0 Å². The van der Waals surface area contributed by atoms with Crippen LogP contribution in [0, 0.1) is 6.92 Å². The second-order valence-corrected chi connectivity index (χ2v) is 7.85. The topological polar surface area (TPSA) is 114 Å². The van der Waals surface area contributed by atoms with Gasteiger partial charge in [-0.25, -0.2) is 9.78 Å². The Morgan fingerprint density at radius 1 is 1.09 bits per heavy atom. The number of amides is 4. The maximum atomic E-state index is 13.1. The van der Waals surface area contributed by atoms with E-state index in [4.69, 9.17) is 4.74 Å². The van der Waals surface area contributed by atoms with Crippen LogP contribution in [0.1, 0.15) is 23.6 Å². The Labute approximate surface area is 190 Å². The molecule has 9 heteroatoms. The molecule has 4 rings (SSSR count). The summed E-state index contributed by atoms with van der Waals surface area (Å²) >= 11 is 0. The van der Waals surface area contributed by atoms with Crippen molar-refractivity contribution in [3.05, 3.63) is 83.8 Å². The second-order valence-electron chi connectivity index (χ2n) is 7.85. The fraction of sp³-hybridized carbons (Fsp3) is 0.208. The lowest BCUT2D eigenvalue weighted by Crippen LogP contribution is -2.42. The molecule has 1 atom stereocenters. The number of carbonyl (C=O) groups is 3. The summed E-state index contributed by atoms with van der Waals surface area (Å²) in [6.45, 7) is 3.37. The predicted octanol–water partition coefficient (Wildman–Crippen LogP) is 2.77. The number of hydrogen-bond donors (Lipinski definition) is 2. The van der Waals surface area contributed by atoms with Crippen LogP contribution in [0.15, 0.2) is 67.1 Å². The van der Waals surface area contributed by atoms with Crippen LogP contribution in [0.2, 0.25) is 0 Å². The standard InChI is InChI=1S/C24H23N5O4/c1-16-5-7-18(8-6-16)24(2)22(31)29(23(32)28-24)14-20(30)27-21-19(4-3-11-26-21)33-15-17-9-12-25-13-10-17/h3-13H,14-15H2,1-2H3,(H,28,32)(H,26,27,30). The molecular formula is C24H23N5O4. The molecule has 1 fully saturated rings. The van der Waals surface area contributed by atoms with Gasteiger partial charge in [-0.05, 0) is 49.2 Å². The van der Waals surface area contributed by atoms with E-state index in [0.717, 1.165) is 16.0 Å². The van der Waals surface area contributed by atoms with Gasteiger partial charge in [-0.15, -0.1) is 0 Å². The van der Waals surface area contributed by atoms with E-state index in [1.165, 1.54) is 6.20 Å². The highest BCUT2D eigenvalue weighted by Gasteiger charge is 2.49. The molecule has 0 spiro atoms. The maximum Gasteiger partial charge on any atom is 0.325 e. The lowest BCUT2D eigenvalue weighted by Gasteiger charge is -2.22. The maximum absolute atomic E-state index is 13.1. The molecule has 3 heterocycles. The fourth-order valence-electron chi connectivity index (χ4n) is 3.48. The highest BCUT2D eigenvalue weighted by atomic mass is 16.5. The zero-order valence-corrected chi connectivity index (χ0v) is 18.2. The number of carbonyl (C=O) groups excluding carboxylic acids is 3. The molecule has 1 aliphatic rings. The van der Waals surface area contributed by atoms with Crippen LogP contribution >= 0.6 is 0 Å². The Hall–Kier alpha value is -4.27. The van der Waals surface area contributed by atoms with Gasteiger partial charge in [0.25, 0.3) is 5.91 Å². The van der Waals surface area contributed by atoms with Crippen molar-refractivity contribution < 1.29 is 19.1 Å². The molecule has 9 nitrogen and oxygen atoms in total. The number of anilines is 1. The van der Waals surface area contributed by atoms with E-state index in [1.54, 1.807) is 43.6 Å². The Bertz CT molecular complexity index is 1180. The molecule has 2 aromatic heterocycles. The lowest BCUT2D eigenvalue weighted by molar-refractivity contribution is -0.133. The first-order valence-electron chi connectivity index (χ1n) is 10.3. The number of aromatic nitrogens is 2. The highest BCUT2D eigenvalue weighted by molar-refractivity contribution is 6.10. The van der Waals surface area contributed by atoms with Crippen molar-refractivity contribution in [2.24, 2.45) is 0 Å². The van der Waals surface area contributed by atoms with Gasteiger partial charge in [0, 0.05) is 18.6 Å². The van der Waals surface area contributed by atoms with Crippen molar-refractivity contribution in [2.75, 3.05) is 11.9 Å².